The van der Waals surface area contributed by atoms with E-state index in [2.05, 4.69) is 15.3 Å². The maximum atomic E-state index is 12.6. The molecule has 0 fully saturated rings. The summed E-state index contributed by atoms with van der Waals surface area (Å²) < 4.78 is 10.9. The van der Waals surface area contributed by atoms with Crippen molar-refractivity contribution in [3.8, 4) is 11.5 Å². The second-order valence-electron chi connectivity index (χ2n) is 6.56. The van der Waals surface area contributed by atoms with Crippen molar-refractivity contribution in [2.75, 3.05) is 25.6 Å². The van der Waals surface area contributed by atoms with Crippen molar-refractivity contribution in [1.82, 2.24) is 14.9 Å². The standard InChI is InChI=1S/C21H20N4O4S/c1-28-16-7-2-3-8-17(16)29-13-19(26)25-11-9-14-18(12-25)30-21(23-14)24-20(27)15-6-4-5-10-22-15/h2-8,10H,9,11-13H2,1H3,(H,23,24,27). The summed E-state index contributed by atoms with van der Waals surface area (Å²) in [5.74, 6) is 0.698. The lowest BCUT2D eigenvalue weighted by atomic mass is 10.2. The third-order valence-corrected chi connectivity index (χ3v) is 5.62. The van der Waals surface area contributed by atoms with Crippen molar-refractivity contribution in [3.63, 3.8) is 0 Å². The Morgan fingerprint density at radius 1 is 1.17 bits per heavy atom. The topological polar surface area (TPSA) is 93.7 Å². The molecule has 9 heteroatoms. The molecule has 30 heavy (non-hydrogen) atoms. The number of hydrogen-bond acceptors (Lipinski definition) is 7. The number of benzene rings is 1. The number of rotatable bonds is 6. The second-order valence-corrected chi connectivity index (χ2v) is 7.65. The first kappa shape index (κ1) is 19.8. The van der Waals surface area contributed by atoms with Crippen molar-refractivity contribution < 1.29 is 19.1 Å². The molecule has 0 saturated heterocycles. The summed E-state index contributed by atoms with van der Waals surface area (Å²) in [5, 5.41) is 3.29. The van der Waals surface area contributed by atoms with Crippen molar-refractivity contribution in [1.29, 1.82) is 0 Å². The Bertz CT molecular complexity index is 1050. The zero-order valence-corrected chi connectivity index (χ0v) is 17.1. The fraction of sp³-hybridized carbons (Fsp3) is 0.238. The van der Waals surface area contributed by atoms with Gasteiger partial charge in [0.05, 0.1) is 19.3 Å². The highest BCUT2D eigenvalue weighted by molar-refractivity contribution is 7.15. The highest BCUT2D eigenvalue weighted by Gasteiger charge is 2.25. The van der Waals surface area contributed by atoms with Gasteiger partial charge >= 0.3 is 0 Å². The average Bonchev–Trinajstić information content (AvgIpc) is 3.19. The van der Waals surface area contributed by atoms with Gasteiger partial charge in [-0.25, -0.2) is 4.98 Å². The van der Waals surface area contributed by atoms with Gasteiger partial charge in [0.25, 0.3) is 11.8 Å². The summed E-state index contributed by atoms with van der Waals surface area (Å²) >= 11 is 1.37. The normalized spacial score (nSPS) is 12.8. The maximum Gasteiger partial charge on any atom is 0.276 e. The van der Waals surface area contributed by atoms with Crippen molar-refractivity contribution >= 4 is 28.3 Å². The first-order valence-corrected chi connectivity index (χ1v) is 10.2. The molecule has 0 radical (unpaired) electrons. The van der Waals surface area contributed by atoms with E-state index in [1.165, 1.54) is 11.3 Å². The molecule has 3 aromatic rings. The van der Waals surface area contributed by atoms with Crippen LogP contribution in [0.25, 0.3) is 0 Å². The van der Waals surface area contributed by atoms with E-state index in [0.717, 1.165) is 10.6 Å². The molecular weight excluding hydrogens is 404 g/mol. The van der Waals surface area contributed by atoms with Crippen LogP contribution in [0.1, 0.15) is 21.1 Å². The van der Waals surface area contributed by atoms with E-state index in [-0.39, 0.29) is 18.4 Å². The minimum atomic E-state index is -0.306. The molecular formula is C21H20N4O4S. The maximum absolute atomic E-state index is 12.6. The van der Waals surface area contributed by atoms with Gasteiger partial charge in [0, 0.05) is 24.0 Å². The van der Waals surface area contributed by atoms with Gasteiger partial charge in [-0.3, -0.25) is 19.9 Å². The largest absolute Gasteiger partial charge is 0.493 e. The molecule has 0 aliphatic carbocycles. The molecule has 2 aromatic heterocycles. The third-order valence-electron chi connectivity index (χ3n) is 4.62. The van der Waals surface area contributed by atoms with E-state index < -0.39 is 0 Å². The number of ether oxygens (including phenoxy) is 2. The number of aromatic nitrogens is 2. The van der Waals surface area contributed by atoms with Gasteiger partial charge < -0.3 is 14.4 Å². The SMILES string of the molecule is COc1ccccc1OCC(=O)N1CCc2nc(NC(=O)c3ccccn3)sc2C1. The van der Waals surface area contributed by atoms with Crippen LogP contribution in [0.3, 0.4) is 0 Å². The Morgan fingerprint density at radius 3 is 2.73 bits per heavy atom. The minimum absolute atomic E-state index is 0.0716. The van der Waals surface area contributed by atoms with E-state index in [1.807, 2.05) is 12.1 Å². The summed E-state index contributed by atoms with van der Waals surface area (Å²) in [4.78, 5) is 36.1. The first-order valence-electron chi connectivity index (χ1n) is 9.38. The van der Waals surface area contributed by atoms with Crippen LogP contribution >= 0.6 is 11.3 Å². The molecule has 1 aliphatic rings. The molecule has 154 valence electrons. The first-order chi connectivity index (χ1) is 14.6. The lowest BCUT2D eigenvalue weighted by Crippen LogP contribution is -2.38. The Morgan fingerprint density at radius 2 is 1.97 bits per heavy atom. The lowest BCUT2D eigenvalue weighted by Gasteiger charge is -2.26. The number of nitrogens with one attached hydrogen (secondary N) is 1. The predicted molar refractivity (Wildman–Crippen MR) is 112 cm³/mol. The van der Waals surface area contributed by atoms with Crippen molar-refractivity contribution in [3.05, 3.63) is 64.9 Å². The van der Waals surface area contributed by atoms with Gasteiger partial charge in [0.2, 0.25) is 0 Å². The van der Waals surface area contributed by atoms with E-state index in [9.17, 15) is 9.59 Å². The van der Waals surface area contributed by atoms with E-state index >= 15 is 0 Å². The second kappa shape index (κ2) is 8.91. The third kappa shape index (κ3) is 4.41. The highest BCUT2D eigenvalue weighted by Crippen LogP contribution is 2.29. The number of fused-ring (bicyclic) bond motifs is 1. The van der Waals surface area contributed by atoms with Crippen LogP contribution in [0, 0.1) is 0 Å². The quantitative estimate of drug-likeness (QED) is 0.654. The van der Waals surface area contributed by atoms with Crippen molar-refractivity contribution in [2.24, 2.45) is 0 Å². The number of hydrogen-bond donors (Lipinski definition) is 1. The minimum Gasteiger partial charge on any atom is -0.493 e. The van der Waals surface area contributed by atoms with Gasteiger partial charge in [-0.15, -0.1) is 0 Å². The molecule has 1 aliphatic heterocycles. The molecule has 2 amide bonds. The monoisotopic (exact) mass is 424 g/mol. The lowest BCUT2D eigenvalue weighted by molar-refractivity contribution is -0.134. The number of methoxy groups -OCH3 is 1. The summed E-state index contributed by atoms with van der Waals surface area (Å²) in [6.45, 7) is 0.927. The smallest absolute Gasteiger partial charge is 0.276 e. The number of anilines is 1. The Kier molecular flexibility index (Phi) is 5.89. The van der Waals surface area contributed by atoms with E-state index in [0.29, 0.717) is 41.8 Å². The van der Waals surface area contributed by atoms with Crippen LogP contribution < -0.4 is 14.8 Å². The number of para-hydroxylation sites is 2. The molecule has 8 nitrogen and oxygen atoms in total. The Balaban J connectivity index is 1.36. The van der Waals surface area contributed by atoms with E-state index in [4.69, 9.17) is 9.47 Å². The highest BCUT2D eigenvalue weighted by atomic mass is 32.1. The summed E-state index contributed by atoms with van der Waals surface area (Å²) in [6.07, 6.45) is 2.20. The predicted octanol–water partition coefficient (Wildman–Crippen LogP) is 2.76. The fourth-order valence-corrected chi connectivity index (χ4v) is 4.11. The Labute approximate surface area is 177 Å². The summed E-state index contributed by atoms with van der Waals surface area (Å²) in [7, 11) is 1.56. The zero-order chi connectivity index (χ0) is 20.9. The summed E-state index contributed by atoms with van der Waals surface area (Å²) in [5.41, 5.74) is 1.24. The van der Waals surface area contributed by atoms with Crippen LogP contribution in [0.15, 0.2) is 48.7 Å². The molecule has 0 bridgehead atoms. The number of nitrogens with zero attached hydrogens (tertiary/aromatic N) is 3. The molecule has 1 aromatic carbocycles. The number of amides is 2. The molecule has 0 spiro atoms. The molecule has 0 saturated carbocycles. The van der Waals surface area contributed by atoms with Gasteiger partial charge in [0.1, 0.15) is 5.69 Å². The average molecular weight is 424 g/mol. The zero-order valence-electron chi connectivity index (χ0n) is 16.3. The number of pyridine rings is 1. The van der Waals surface area contributed by atoms with Crippen LogP contribution in [0.5, 0.6) is 11.5 Å². The van der Waals surface area contributed by atoms with E-state index in [1.54, 1.807) is 48.5 Å². The molecule has 0 atom stereocenters. The Hall–Kier alpha value is -3.46. The number of carbonyl (C=O) groups excluding carboxylic acids is 2. The van der Waals surface area contributed by atoms with Crippen molar-refractivity contribution in [2.45, 2.75) is 13.0 Å². The molecule has 0 unspecified atom stereocenters. The van der Waals surface area contributed by atoms with Gasteiger partial charge in [-0.05, 0) is 24.3 Å². The number of thiazole rings is 1. The number of carbonyl (C=O) groups is 2. The van der Waals surface area contributed by atoms with Crippen LogP contribution in [-0.4, -0.2) is 46.9 Å². The molecule has 4 rings (SSSR count). The van der Waals surface area contributed by atoms with Gasteiger partial charge in [-0.2, -0.15) is 0 Å². The molecule has 3 heterocycles. The fourth-order valence-electron chi connectivity index (χ4n) is 3.09. The summed E-state index contributed by atoms with van der Waals surface area (Å²) in [6, 6.07) is 12.4. The molecule has 1 N–H and O–H groups in total. The van der Waals surface area contributed by atoms with Crippen LogP contribution in [0.2, 0.25) is 0 Å². The van der Waals surface area contributed by atoms with Gasteiger partial charge in [0.15, 0.2) is 23.2 Å². The van der Waals surface area contributed by atoms with Crippen LogP contribution in [-0.2, 0) is 17.8 Å². The van der Waals surface area contributed by atoms with Crippen LogP contribution in [0.4, 0.5) is 5.13 Å². The van der Waals surface area contributed by atoms with Gasteiger partial charge in [-0.1, -0.05) is 29.5 Å².